The molecule has 0 radical (unpaired) electrons. The lowest BCUT2D eigenvalue weighted by molar-refractivity contribution is 0.259. The number of nitrogens with zero attached hydrogens (tertiary/aromatic N) is 4. The van der Waals surface area contributed by atoms with Crippen LogP contribution in [0.5, 0.6) is 0 Å². The number of aromatic nitrogens is 1. The van der Waals surface area contributed by atoms with Gasteiger partial charge in [0.2, 0.25) is 10.0 Å². The Balaban J connectivity index is 1.54. The minimum atomic E-state index is -3.44. The molecule has 10 heteroatoms. The second-order valence-corrected chi connectivity index (χ2v) is 8.13. The Labute approximate surface area is 157 Å². The van der Waals surface area contributed by atoms with E-state index in [2.05, 4.69) is 15.5 Å². The lowest BCUT2D eigenvalue weighted by atomic mass is 10.2. The Hall–Kier alpha value is -2.46. The third-order valence-corrected chi connectivity index (χ3v) is 6.12. The first-order chi connectivity index (χ1) is 13.0. The molecule has 0 aliphatic carbocycles. The molecule has 1 aromatic heterocycles. The second kappa shape index (κ2) is 8.49. The lowest BCUT2D eigenvalue weighted by Gasteiger charge is -2.35. The fourth-order valence-corrected chi connectivity index (χ4v) is 4.35. The molecule has 0 spiro atoms. The van der Waals surface area contributed by atoms with Gasteiger partial charge < -0.3 is 14.7 Å². The molecule has 1 aliphatic heterocycles. The zero-order valence-electron chi connectivity index (χ0n) is 15.0. The number of piperazine rings is 1. The van der Waals surface area contributed by atoms with Gasteiger partial charge in [-0.05, 0) is 17.7 Å². The smallest absolute Gasteiger partial charge is 0.220 e. The summed E-state index contributed by atoms with van der Waals surface area (Å²) in [4.78, 5) is 6.23. The highest BCUT2D eigenvalue weighted by atomic mass is 32.2. The van der Waals surface area contributed by atoms with Crippen LogP contribution in [-0.2, 0) is 22.3 Å². The van der Waals surface area contributed by atoms with Crippen LogP contribution in [0.1, 0.15) is 11.3 Å². The first-order valence-electron chi connectivity index (χ1n) is 8.55. The van der Waals surface area contributed by atoms with Crippen molar-refractivity contribution in [3.8, 4) is 0 Å². The second-order valence-electron chi connectivity index (χ2n) is 6.16. The summed E-state index contributed by atoms with van der Waals surface area (Å²) in [5.74, 6) is 0.207. The average molecular weight is 395 g/mol. The summed E-state index contributed by atoms with van der Waals surface area (Å²) in [6.45, 7) is 2.19. The number of rotatable bonds is 5. The predicted octanol–water partition coefficient (Wildman–Crippen LogP) is 1.04. The van der Waals surface area contributed by atoms with Crippen LogP contribution < -0.4 is 5.32 Å². The van der Waals surface area contributed by atoms with E-state index < -0.39 is 10.0 Å². The van der Waals surface area contributed by atoms with Crippen molar-refractivity contribution in [1.29, 1.82) is 0 Å². The number of sulfonamides is 1. The third kappa shape index (κ3) is 5.04. The number of nitrogens with one attached hydrogen (secondary N) is 1. The highest BCUT2D eigenvalue weighted by molar-refractivity contribution is 7.88. The molecular formula is C17H22FN5O3S. The van der Waals surface area contributed by atoms with Gasteiger partial charge in [0.15, 0.2) is 5.96 Å². The number of aliphatic imine (C=N–C) groups is 1. The highest BCUT2D eigenvalue weighted by Crippen LogP contribution is 2.13. The van der Waals surface area contributed by atoms with E-state index in [1.165, 1.54) is 22.7 Å². The maximum absolute atomic E-state index is 13.3. The van der Waals surface area contributed by atoms with E-state index in [0.29, 0.717) is 44.4 Å². The van der Waals surface area contributed by atoms with Crippen LogP contribution >= 0.6 is 0 Å². The van der Waals surface area contributed by atoms with Gasteiger partial charge in [-0.1, -0.05) is 17.3 Å². The van der Waals surface area contributed by atoms with Crippen molar-refractivity contribution in [2.24, 2.45) is 4.99 Å². The topological polar surface area (TPSA) is 91.0 Å². The summed E-state index contributed by atoms with van der Waals surface area (Å²) in [5, 5.41) is 6.86. The molecule has 2 heterocycles. The highest BCUT2D eigenvalue weighted by Gasteiger charge is 2.28. The summed E-state index contributed by atoms with van der Waals surface area (Å²) in [6.07, 6.45) is 1.36. The maximum atomic E-state index is 13.3. The van der Waals surface area contributed by atoms with E-state index in [0.717, 1.165) is 5.56 Å². The fraction of sp³-hybridized carbons (Fsp3) is 0.412. The summed E-state index contributed by atoms with van der Waals surface area (Å²) in [5.41, 5.74) is 1.20. The molecular weight excluding hydrogens is 373 g/mol. The van der Waals surface area contributed by atoms with Crippen molar-refractivity contribution in [1.82, 2.24) is 19.7 Å². The zero-order chi connectivity index (χ0) is 19.3. The van der Waals surface area contributed by atoms with Gasteiger partial charge in [0.05, 0.1) is 5.69 Å². The molecule has 0 atom stereocenters. The van der Waals surface area contributed by atoms with Gasteiger partial charge in [0, 0.05) is 45.8 Å². The van der Waals surface area contributed by atoms with E-state index in [1.807, 2.05) is 11.0 Å². The van der Waals surface area contributed by atoms with E-state index in [9.17, 15) is 12.8 Å². The third-order valence-electron chi connectivity index (χ3n) is 4.30. The zero-order valence-corrected chi connectivity index (χ0v) is 15.8. The first kappa shape index (κ1) is 19.3. The number of hydrogen-bond donors (Lipinski definition) is 1. The van der Waals surface area contributed by atoms with Crippen molar-refractivity contribution >= 4 is 16.0 Å². The molecule has 27 heavy (non-hydrogen) atoms. The van der Waals surface area contributed by atoms with Crippen LogP contribution in [0.25, 0.3) is 0 Å². The van der Waals surface area contributed by atoms with Crippen molar-refractivity contribution < 1.29 is 17.3 Å². The Morgan fingerprint density at radius 2 is 2.07 bits per heavy atom. The summed E-state index contributed by atoms with van der Waals surface area (Å²) < 4.78 is 44.4. The molecule has 0 bridgehead atoms. The van der Waals surface area contributed by atoms with Crippen molar-refractivity contribution in [2.75, 3.05) is 33.2 Å². The van der Waals surface area contributed by atoms with Gasteiger partial charge in [-0.3, -0.25) is 4.99 Å². The van der Waals surface area contributed by atoms with Gasteiger partial charge in [-0.15, -0.1) is 0 Å². The molecule has 1 aliphatic rings. The quantitative estimate of drug-likeness (QED) is 0.601. The summed E-state index contributed by atoms with van der Waals surface area (Å²) >= 11 is 0. The van der Waals surface area contributed by atoms with Crippen LogP contribution in [0.2, 0.25) is 0 Å². The molecule has 0 saturated carbocycles. The van der Waals surface area contributed by atoms with E-state index in [1.54, 1.807) is 19.2 Å². The van der Waals surface area contributed by atoms with Gasteiger partial charge in [0.1, 0.15) is 17.8 Å². The molecule has 3 rings (SSSR count). The van der Waals surface area contributed by atoms with E-state index >= 15 is 0 Å². The molecule has 1 N–H and O–H groups in total. The normalized spacial score (nSPS) is 16.5. The predicted molar refractivity (Wildman–Crippen MR) is 98.9 cm³/mol. The SMILES string of the molecule is CN=C(NCc1cccc(F)c1)N1CCN(S(=O)(=O)Cc2ccon2)CC1. The molecule has 0 unspecified atom stereocenters. The number of guanidine groups is 1. The Morgan fingerprint density at radius 1 is 1.30 bits per heavy atom. The van der Waals surface area contributed by atoms with Crippen LogP contribution in [0.4, 0.5) is 4.39 Å². The van der Waals surface area contributed by atoms with Gasteiger partial charge in [-0.2, -0.15) is 4.31 Å². The Morgan fingerprint density at radius 3 is 2.70 bits per heavy atom. The maximum Gasteiger partial charge on any atom is 0.220 e. The molecule has 2 aromatic rings. The van der Waals surface area contributed by atoms with Crippen LogP contribution in [-0.4, -0.2) is 62.0 Å². The van der Waals surface area contributed by atoms with Gasteiger partial charge in [-0.25, -0.2) is 12.8 Å². The minimum absolute atomic E-state index is 0.171. The van der Waals surface area contributed by atoms with Gasteiger partial charge >= 0.3 is 0 Å². The minimum Gasteiger partial charge on any atom is -0.364 e. The van der Waals surface area contributed by atoms with Crippen molar-refractivity contribution in [2.45, 2.75) is 12.3 Å². The molecule has 1 aromatic carbocycles. The van der Waals surface area contributed by atoms with Crippen molar-refractivity contribution in [3.63, 3.8) is 0 Å². The van der Waals surface area contributed by atoms with Gasteiger partial charge in [0.25, 0.3) is 0 Å². The lowest BCUT2D eigenvalue weighted by Crippen LogP contribution is -2.53. The molecule has 146 valence electrons. The first-order valence-corrected chi connectivity index (χ1v) is 10.2. The van der Waals surface area contributed by atoms with Crippen LogP contribution in [0.3, 0.4) is 0 Å². The van der Waals surface area contributed by atoms with Crippen molar-refractivity contribution in [3.05, 3.63) is 53.7 Å². The standard InChI is InChI=1S/C17H22FN5O3S/c1-19-17(20-12-14-3-2-4-15(18)11-14)22-6-8-23(9-7-22)27(24,25)13-16-5-10-26-21-16/h2-5,10-11H,6-9,12-13H2,1H3,(H,19,20). The Bertz CT molecular complexity index is 878. The largest absolute Gasteiger partial charge is 0.364 e. The summed E-state index contributed by atoms with van der Waals surface area (Å²) in [7, 11) is -1.77. The monoisotopic (exact) mass is 395 g/mol. The summed E-state index contributed by atoms with van der Waals surface area (Å²) in [6, 6.07) is 7.91. The number of halogens is 1. The molecule has 1 fully saturated rings. The van der Waals surface area contributed by atoms with E-state index in [-0.39, 0.29) is 11.6 Å². The Kier molecular flexibility index (Phi) is 6.07. The van der Waals surface area contributed by atoms with E-state index in [4.69, 9.17) is 4.52 Å². The molecule has 1 saturated heterocycles. The van der Waals surface area contributed by atoms with Crippen LogP contribution in [0, 0.1) is 5.82 Å². The fourth-order valence-electron chi connectivity index (χ4n) is 2.93. The average Bonchev–Trinajstić information content (AvgIpc) is 3.15. The molecule has 0 amide bonds. The molecule has 8 nitrogen and oxygen atoms in total. The number of hydrogen-bond acceptors (Lipinski definition) is 5. The van der Waals surface area contributed by atoms with Crippen LogP contribution in [0.15, 0.2) is 46.1 Å². The number of benzene rings is 1.